The standard InChI is InChI=1S/C19H28N4O3.C8H9NO2.C3H6.CHN/c1-3-21-16(24)7-6-15-17(19(25)22-10-4-5-13(22)2)20-23(18(15)21)14-8-11-26-12-9-14;9-8(10)6-11-7-4-2-1-3-5-7;1-2-3-1;1-2/h13-14H,3-12H2,1-2H3;1-5H,6H2,(H2,9,10);1-3H2;1H. The van der Waals surface area contributed by atoms with Gasteiger partial charge in [-0.1, -0.05) is 37.5 Å². The minimum atomic E-state index is -0.464. The Morgan fingerprint density at radius 1 is 1.07 bits per heavy atom. The maximum absolute atomic E-state index is 13.2. The largest absolute Gasteiger partial charge is 0.484 e. The van der Waals surface area contributed by atoms with Crippen molar-refractivity contribution in [1.82, 2.24) is 14.7 Å². The zero-order chi connectivity index (χ0) is 30.5. The van der Waals surface area contributed by atoms with Crippen LogP contribution in [0.1, 0.15) is 87.3 Å². The van der Waals surface area contributed by atoms with Crippen LogP contribution in [-0.4, -0.2) is 71.4 Å². The van der Waals surface area contributed by atoms with Crippen LogP contribution in [0.5, 0.6) is 5.75 Å². The molecule has 4 heterocycles. The molecule has 1 aliphatic carbocycles. The fourth-order valence-corrected chi connectivity index (χ4v) is 5.19. The molecule has 3 aliphatic heterocycles. The summed E-state index contributed by atoms with van der Waals surface area (Å²) < 4.78 is 12.4. The summed E-state index contributed by atoms with van der Waals surface area (Å²) in [5.74, 6) is 1.20. The zero-order valence-corrected chi connectivity index (χ0v) is 24.9. The van der Waals surface area contributed by atoms with Crippen molar-refractivity contribution in [2.75, 3.05) is 37.8 Å². The molecule has 3 amide bonds. The number of likely N-dealkylation sites (tertiary alicyclic amines) is 1. The Kier molecular flexibility index (Phi) is 12.8. The Bertz CT molecular complexity index is 1190. The van der Waals surface area contributed by atoms with Crippen LogP contribution >= 0.6 is 0 Å². The van der Waals surface area contributed by atoms with E-state index in [1.54, 1.807) is 12.1 Å². The first-order valence-electron chi connectivity index (χ1n) is 14.9. The van der Waals surface area contributed by atoms with Gasteiger partial charge in [-0.3, -0.25) is 19.3 Å². The second-order valence-electron chi connectivity index (χ2n) is 10.7. The lowest BCUT2D eigenvalue weighted by Gasteiger charge is -2.31. The molecule has 11 nitrogen and oxygen atoms in total. The molecule has 228 valence electrons. The third-order valence-electron chi connectivity index (χ3n) is 7.47. The number of anilines is 1. The third-order valence-corrected chi connectivity index (χ3v) is 7.47. The van der Waals surface area contributed by atoms with Crippen LogP contribution in [0.15, 0.2) is 30.3 Å². The van der Waals surface area contributed by atoms with Crippen molar-refractivity contribution in [3.05, 3.63) is 41.6 Å². The molecule has 2 aromatic rings. The molecule has 1 unspecified atom stereocenters. The van der Waals surface area contributed by atoms with Gasteiger partial charge in [-0.2, -0.15) is 5.10 Å². The van der Waals surface area contributed by atoms with Crippen LogP contribution in [0.2, 0.25) is 0 Å². The van der Waals surface area contributed by atoms with E-state index in [2.05, 4.69) is 13.5 Å². The predicted molar refractivity (Wildman–Crippen MR) is 159 cm³/mol. The Hall–Kier alpha value is -3.91. The number of primary amides is 1. The van der Waals surface area contributed by atoms with Gasteiger partial charge in [0, 0.05) is 50.9 Å². The topological polar surface area (TPSA) is 144 Å². The number of carbonyl (C=O) groups excluding carboxylic acids is 3. The van der Waals surface area contributed by atoms with Gasteiger partial charge in [0.15, 0.2) is 12.3 Å². The van der Waals surface area contributed by atoms with Crippen LogP contribution < -0.4 is 15.4 Å². The van der Waals surface area contributed by atoms with Gasteiger partial charge in [-0.15, -0.1) is 0 Å². The lowest BCUT2D eigenvalue weighted by Crippen LogP contribution is -2.38. The number of rotatable bonds is 6. The first-order valence-corrected chi connectivity index (χ1v) is 14.9. The van der Waals surface area contributed by atoms with Gasteiger partial charge in [0.2, 0.25) is 5.91 Å². The molecule has 0 radical (unpaired) electrons. The van der Waals surface area contributed by atoms with E-state index in [0.29, 0.717) is 44.0 Å². The van der Waals surface area contributed by atoms with Gasteiger partial charge in [0.05, 0.1) is 6.04 Å². The second kappa shape index (κ2) is 16.5. The number of para-hydroxylation sites is 1. The fraction of sp³-hybridized carbons (Fsp3) is 0.581. The summed E-state index contributed by atoms with van der Waals surface area (Å²) in [6, 6.07) is 9.52. The van der Waals surface area contributed by atoms with Gasteiger partial charge >= 0.3 is 0 Å². The van der Waals surface area contributed by atoms with Gasteiger partial charge in [0.1, 0.15) is 11.6 Å². The Balaban J connectivity index is 0.000000250. The first-order chi connectivity index (χ1) is 20.4. The summed E-state index contributed by atoms with van der Waals surface area (Å²) in [7, 11) is 0. The van der Waals surface area contributed by atoms with Crippen LogP contribution in [0.25, 0.3) is 0 Å². The van der Waals surface area contributed by atoms with E-state index in [-0.39, 0.29) is 30.5 Å². The minimum absolute atomic E-state index is 0.0301. The minimum Gasteiger partial charge on any atom is -0.484 e. The average Bonchev–Trinajstić information content (AvgIpc) is 3.77. The summed E-state index contributed by atoms with van der Waals surface area (Å²) in [4.78, 5) is 39.7. The lowest BCUT2D eigenvalue weighted by atomic mass is 10.0. The number of nitrogens with two attached hydrogens (primary N) is 1. The molecular weight excluding hydrogens is 536 g/mol. The number of ether oxygens (including phenoxy) is 2. The van der Waals surface area contributed by atoms with Crippen molar-refractivity contribution in [3.8, 4) is 12.3 Å². The third kappa shape index (κ3) is 8.79. The smallest absolute Gasteiger partial charge is 0.274 e. The number of amides is 3. The number of fused-ring (bicyclic) bond motifs is 1. The molecule has 0 spiro atoms. The van der Waals surface area contributed by atoms with E-state index in [1.165, 1.54) is 19.3 Å². The Labute approximate surface area is 248 Å². The van der Waals surface area contributed by atoms with Crippen molar-refractivity contribution < 1.29 is 23.9 Å². The quantitative estimate of drug-likeness (QED) is 0.543. The van der Waals surface area contributed by atoms with Crippen molar-refractivity contribution in [3.63, 3.8) is 0 Å². The van der Waals surface area contributed by atoms with Crippen molar-refractivity contribution in [1.29, 1.82) is 5.26 Å². The highest BCUT2D eigenvalue weighted by atomic mass is 16.5. The van der Waals surface area contributed by atoms with E-state index in [1.807, 2.05) is 39.6 Å². The maximum atomic E-state index is 13.2. The summed E-state index contributed by atoms with van der Waals surface area (Å²) >= 11 is 0. The summed E-state index contributed by atoms with van der Waals surface area (Å²) in [5.41, 5.74) is 6.40. The molecule has 4 aliphatic rings. The van der Waals surface area contributed by atoms with E-state index in [9.17, 15) is 14.4 Å². The number of benzene rings is 1. The molecule has 1 aromatic heterocycles. The molecule has 0 bridgehead atoms. The van der Waals surface area contributed by atoms with Crippen LogP contribution in [-0.2, 0) is 20.7 Å². The zero-order valence-electron chi connectivity index (χ0n) is 24.9. The van der Waals surface area contributed by atoms with E-state index in [0.717, 1.165) is 43.6 Å². The summed E-state index contributed by atoms with van der Waals surface area (Å²) in [6.45, 7) is 10.3. The molecule has 2 N–H and O–H groups in total. The molecular formula is C31H44N6O5. The maximum Gasteiger partial charge on any atom is 0.274 e. The SMILES string of the molecule is C#N.C1CC1.CCN1C(=O)CCc2c(C(=O)N3CCCC3C)nn(C3CCOCC3)c21.NC(=O)COc1ccccc1. The van der Waals surface area contributed by atoms with Gasteiger partial charge in [-0.05, 0) is 58.1 Å². The number of hydrogen-bond donors (Lipinski definition) is 1. The summed E-state index contributed by atoms with van der Waals surface area (Å²) in [5, 5.41) is 11.3. The molecule has 42 heavy (non-hydrogen) atoms. The second-order valence-corrected chi connectivity index (χ2v) is 10.7. The first kappa shape index (κ1) is 32.6. The van der Waals surface area contributed by atoms with E-state index >= 15 is 0 Å². The molecule has 1 saturated carbocycles. The average molecular weight is 581 g/mol. The molecule has 6 rings (SSSR count). The normalized spacial score (nSPS) is 19.1. The highest BCUT2D eigenvalue weighted by molar-refractivity contribution is 6.01. The predicted octanol–water partition coefficient (Wildman–Crippen LogP) is 4.02. The highest BCUT2D eigenvalue weighted by Gasteiger charge is 2.37. The van der Waals surface area contributed by atoms with Crippen molar-refractivity contribution in [2.45, 2.75) is 83.7 Å². The van der Waals surface area contributed by atoms with Gasteiger partial charge in [-0.25, -0.2) is 9.94 Å². The number of nitriles is 1. The number of nitrogens with zero attached hydrogens (tertiary/aromatic N) is 5. The Morgan fingerprint density at radius 3 is 2.29 bits per heavy atom. The van der Waals surface area contributed by atoms with Crippen molar-refractivity contribution >= 4 is 23.5 Å². The molecule has 2 saturated heterocycles. The number of aromatic nitrogens is 2. The Morgan fingerprint density at radius 2 is 1.74 bits per heavy atom. The monoisotopic (exact) mass is 580 g/mol. The summed E-state index contributed by atoms with van der Waals surface area (Å²) in [6.07, 6.45) is 9.40. The van der Waals surface area contributed by atoms with Crippen molar-refractivity contribution in [2.24, 2.45) is 5.73 Å². The molecule has 1 aromatic carbocycles. The molecule has 11 heteroatoms. The van der Waals surface area contributed by atoms with E-state index in [4.69, 9.17) is 25.6 Å². The molecule has 1 atom stereocenters. The van der Waals surface area contributed by atoms with Crippen LogP contribution in [0.4, 0.5) is 5.82 Å². The highest BCUT2D eigenvalue weighted by Crippen LogP contribution is 2.36. The van der Waals surface area contributed by atoms with E-state index < -0.39 is 5.91 Å². The van der Waals surface area contributed by atoms with Gasteiger partial charge in [0.25, 0.3) is 11.8 Å². The molecule has 3 fully saturated rings. The van der Waals surface area contributed by atoms with Gasteiger partial charge < -0.3 is 20.1 Å². The number of carbonyl (C=O) groups is 3. The number of hydrogen-bond acceptors (Lipinski definition) is 7. The lowest BCUT2D eigenvalue weighted by molar-refractivity contribution is -0.120. The fourth-order valence-electron chi connectivity index (χ4n) is 5.19. The van der Waals surface area contributed by atoms with Crippen LogP contribution in [0, 0.1) is 11.8 Å². The van der Waals surface area contributed by atoms with Crippen LogP contribution in [0.3, 0.4) is 0 Å².